The van der Waals surface area contributed by atoms with Crippen LogP contribution in [0.2, 0.25) is 0 Å². The van der Waals surface area contributed by atoms with E-state index in [4.69, 9.17) is 14.2 Å². The quantitative estimate of drug-likeness (QED) is 0.527. The van der Waals surface area contributed by atoms with Gasteiger partial charge in [0.05, 0.1) is 39.1 Å². The zero-order valence-electron chi connectivity index (χ0n) is 18.6. The zero-order valence-corrected chi connectivity index (χ0v) is 18.6. The Bertz CT molecular complexity index is 1220. The number of nitrogens with zero attached hydrogens (tertiary/aromatic N) is 1. The Kier molecular flexibility index (Phi) is 6.31. The van der Waals surface area contributed by atoms with Gasteiger partial charge in [-0.3, -0.25) is 14.5 Å². The lowest BCUT2D eigenvalue weighted by atomic mass is 10.0. The van der Waals surface area contributed by atoms with Crippen molar-refractivity contribution in [2.75, 3.05) is 26.6 Å². The lowest BCUT2D eigenvalue weighted by Gasteiger charge is -2.16. The lowest BCUT2D eigenvalue weighted by molar-refractivity contribution is -0.137. The lowest BCUT2D eigenvalue weighted by Crippen LogP contribution is -2.32. The van der Waals surface area contributed by atoms with Crippen molar-refractivity contribution in [2.24, 2.45) is 0 Å². The number of amides is 2. The summed E-state index contributed by atoms with van der Waals surface area (Å²) in [5.74, 6) is 0.919. The van der Waals surface area contributed by atoms with E-state index in [-0.39, 0.29) is 17.8 Å². The molecule has 33 heavy (non-hydrogen) atoms. The summed E-state index contributed by atoms with van der Waals surface area (Å²) < 4.78 is 16.1. The van der Waals surface area contributed by atoms with Crippen molar-refractivity contribution < 1.29 is 23.8 Å². The van der Waals surface area contributed by atoms with E-state index < -0.39 is 11.8 Å². The third-order valence-corrected chi connectivity index (χ3v) is 5.41. The van der Waals surface area contributed by atoms with Crippen molar-refractivity contribution >= 4 is 23.1 Å². The minimum absolute atomic E-state index is 0.122. The summed E-state index contributed by atoms with van der Waals surface area (Å²) in [6.07, 6.45) is 0. The Morgan fingerprint density at radius 1 is 0.727 bits per heavy atom. The first-order valence-electron chi connectivity index (χ1n) is 10.3. The van der Waals surface area contributed by atoms with Crippen LogP contribution >= 0.6 is 0 Å². The molecule has 1 aliphatic heterocycles. The van der Waals surface area contributed by atoms with E-state index in [1.165, 1.54) is 12.0 Å². The average Bonchev–Trinajstić information content (AvgIpc) is 3.08. The Hall–Kier alpha value is -4.26. The predicted molar refractivity (Wildman–Crippen MR) is 125 cm³/mol. The Labute approximate surface area is 192 Å². The molecule has 1 aliphatic rings. The number of carbonyl (C=O) groups is 2. The van der Waals surface area contributed by atoms with Crippen LogP contribution in [0.1, 0.15) is 11.1 Å². The second-order valence-electron chi connectivity index (χ2n) is 7.32. The first-order valence-corrected chi connectivity index (χ1v) is 10.3. The van der Waals surface area contributed by atoms with Crippen molar-refractivity contribution in [2.45, 2.75) is 6.54 Å². The molecule has 0 bridgehead atoms. The molecule has 1 N–H and O–H groups in total. The monoisotopic (exact) mass is 444 g/mol. The minimum atomic E-state index is -0.428. The minimum Gasteiger partial charge on any atom is -0.497 e. The van der Waals surface area contributed by atoms with Crippen LogP contribution in [-0.2, 0) is 16.1 Å². The van der Waals surface area contributed by atoms with Crippen molar-refractivity contribution in [3.8, 4) is 17.2 Å². The highest BCUT2D eigenvalue weighted by atomic mass is 16.5. The molecule has 0 fully saturated rings. The summed E-state index contributed by atoms with van der Waals surface area (Å²) in [4.78, 5) is 28.3. The van der Waals surface area contributed by atoms with E-state index in [1.807, 2.05) is 30.3 Å². The molecule has 1 heterocycles. The van der Waals surface area contributed by atoms with Gasteiger partial charge in [-0.25, -0.2) is 0 Å². The van der Waals surface area contributed by atoms with Crippen molar-refractivity contribution in [1.29, 1.82) is 0 Å². The van der Waals surface area contributed by atoms with Crippen molar-refractivity contribution in [3.63, 3.8) is 0 Å². The summed E-state index contributed by atoms with van der Waals surface area (Å²) in [6, 6.07) is 21.6. The normalized spacial score (nSPS) is 13.4. The number of para-hydroxylation sites is 3. The van der Waals surface area contributed by atoms with Gasteiger partial charge in [0, 0.05) is 5.56 Å². The number of imide groups is 1. The van der Waals surface area contributed by atoms with Crippen LogP contribution in [0.4, 0.5) is 5.69 Å². The molecule has 0 spiro atoms. The first-order chi connectivity index (χ1) is 16.1. The fourth-order valence-electron chi connectivity index (χ4n) is 3.73. The molecular formula is C26H24N2O5. The first kappa shape index (κ1) is 22.0. The number of benzene rings is 3. The molecule has 2 amide bonds. The summed E-state index contributed by atoms with van der Waals surface area (Å²) >= 11 is 0. The molecule has 0 saturated carbocycles. The van der Waals surface area contributed by atoms with Crippen LogP contribution in [0.25, 0.3) is 5.57 Å². The van der Waals surface area contributed by atoms with Gasteiger partial charge < -0.3 is 19.5 Å². The van der Waals surface area contributed by atoms with E-state index in [1.54, 1.807) is 56.7 Å². The molecule has 168 valence electrons. The van der Waals surface area contributed by atoms with Crippen LogP contribution in [0.15, 0.2) is 78.5 Å². The zero-order chi connectivity index (χ0) is 23.4. The number of nitrogens with one attached hydrogen (secondary N) is 1. The summed E-state index contributed by atoms with van der Waals surface area (Å²) in [5, 5.41) is 3.14. The average molecular weight is 444 g/mol. The predicted octanol–water partition coefficient (Wildman–Crippen LogP) is 4.10. The SMILES string of the molecule is COc1ccc(CN2C(=O)C(Nc3ccccc3OC)=C(c3ccccc3OC)C2=O)cc1. The van der Waals surface area contributed by atoms with Crippen molar-refractivity contribution in [1.82, 2.24) is 4.90 Å². The Morgan fingerprint density at radius 3 is 2.03 bits per heavy atom. The largest absolute Gasteiger partial charge is 0.497 e. The van der Waals surface area contributed by atoms with Crippen LogP contribution in [-0.4, -0.2) is 38.0 Å². The smallest absolute Gasteiger partial charge is 0.278 e. The number of methoxy groups -OCH3 is 3. The summed E-state index contributed by atoms with van der Waals surface area (Å²) in [7, 11) is 4.67. The topological polar surface area (TPSA) is 77.1 Å². The van der Waals surface area contributed by atoms with E-state index in [9.17, 15) is 9.59 Å². The standard InChI is InChI=1S/C26H24N2O5/c1-31-18-14-12-17(13-15-18)16-28-25(29)23(19-8-4-6-10-21(19)32-2)24(26(28)30)27-20-9-5-7-11-22(20)33-3/h4-15,27H,16H2,1-3H3. The van der Waals surface area contributed by atoms with Crippen LogP contribution in [0, 0.1) is 0 Å². The molecule has 7 nitrogen and oxygen atoms in total. The molecule has 0 aliphatic carbocycles. The number of ether oxygens (including phenoxy) is 3. The number of hydrogen-bond acceptors (Lipinski definition) is 6. The highest BCUT2D eigenvalue weighted by Crippen LogP contribution is 2.37. The molecule has 0 atom stereocenters. The van der Waals surface area contributed by atoms with E-state index in [0.29, 0.717) is 28.5 Å². The van der Waals surface area contributed by atoms with Gasteiger partial charge in [-0.2, -0.15) is 0 Å². The van der Waals surface area contributed by atoms with Crippen LogP contribution < -0.4 is 19.5 Å². The summed E-state index contributed by atoms with van der Waals surface area (Å²) in [5.41, 5.74) is 2.33. The molecule has 7 heteroatoms. The maximum Gasteiger partial charge on any atom is 0.278 e. The Morgan fingerprint density at radius 2 is 1.36 bits per heavy atom. The van der Waals surface area contributed by atoms with E-state index in [2.05, 4.69) is 5.32 Å². The summed E-state index contributed by atoms with van der Waals surface area (Å²) in [6.45, 7) is 0.122. The molecule has 0 unspecified atom stereocenters. The Balaban J connectivity index is 1.77. The molecular weight excluding hydrogens is 420 g/mol. The third kappa shape index (κ3) is 4.25. The van der Waals surface area contributed by atoms with Gasteiger partial charge in [-0.05, 0) is 35.9 Å². The molecule has 3 aromatic rings. The van der Waals surface area contributed by atoms with Gasteiger partial charge in [-0.1, -0.05) is 42.5 Å². The van der Waals surface area contributed by atoms with Crippen molar-refractivity contribution in [3.05, 3.63) is 89.6 Å². The molecule has 4 rings (SSSR count). The molecule has 0 aromatic heterocycles. The van der Waals surface area contributed by atoms with Gasteiger partial charge >= 0.3 is 0 Å². The molecule has 0 radical (unpaired) electrons. The van der Waals surface area contributed by atoms with Gasteiger partial charge in [0.2, 0.25) is 0 Å². The number of anilines is 1. The van der Waals surface area contributed by atoms with Gasteiger partial charge in [0.1, 0.15) is 22.9 Å². The van der Waals surface area contributed by atoms with Crippen LogP contribution in [0.3, 0.4) is 0 Å². The number of carbonyl (C=O) groups excluding carboxylic acids is 2. The highest BCUT2D eigenvalue weighted by molar-refractivity contribution is 6.37. The third-order valence-electron chi connectivity index (χ3n) is 5.41. The second kappa shape index (κ2) is 9.48. The number of rotatable bonds is 8. The molecule has 0 saturated heterocycles. The number of hydrogen-bond donors (Lipinski definition) is 1. The van der Waals surface area contributed by atoms with E-state index in [0.717, 1.165) is 5.56 Å². The fraction of sp³-hybridized carbons (Fsp3) is 0.154. The van der Waals surface area contributed by atoms with Crippen LogP contribution in [0.5, 0.6) is 17.2 Å². The fourth-order valence-corrected chi connectivity index (χ4v) is 3.73. The molecule has 3 aromatic carbocycles. The second-order valence-corrected chi connectivity index (χ2v) is 7.32. The maximum absolute atomic E-state index is 13.6. The van der Waals surface area contributed by atoms with Gasteiger partial charge in [0.15, 0.2) is 0 Å². The van der Waals surface area contributed by atoms with E-state index >= 15 is 0 Å². The highest BCUT2D eigenvalue weighted by Gasteiger charge is 2.40. The maximum atomic E-state index is 13.6. The van der Waals surface area contributed by atoms with Gasteiger partial charge in [-0.15, -0.1) is 0 Å². The van der Waals surface area contributed by atoms with Gasteiger partial charge in [0.25, 0.3) is 11.8 Å².